The Kier molecular flexibility index (Phi) is 11.0. The number of unbranched alkanes of at least 4 members (excludes halogenated alkanes) is 4. The molecule has 0 saturated carbocycles. The van der Waals surface area contributed by atoms with Crippen LogP contribution in [0.25, 0.3) is 0 Å². The average Bonchev–Trinajstić information content (AvgIpc) is 2.91. The summed E-state index contributed by atoms with van der Waals surface area (Å²) in [5.41, 5.74) is 6.36. The first-order chi connectivity index (χ1) is 12.7. The van der Waals surface area contributed by atoms with Crippen LogP contribution < -0.4 is 5.73 Å². The van der Waals surface area contributed by atoms with Gasteiger partial charge in [-0.2, -0.15) is 0 Å². The number of carbonyl (C=O) groups is 2. The summed E-state index contributed by atoms with van der Waals surface area (Å²) in [5, 5.41) is 0. The van der Waals surface area contributed by atoms with Gasteiger partial charge >= 0.3 is 0 Å². The van der Waals surface area contributed by atoms with E-state index < -0.39 is 0 Å². The lowest BCUT2D eigenvalue weighted by atomic mass is 10.1. The van der Waals surface area contributed by atoms with Crippen LogP contribution in [-0.4, -0.2) is 29.8 Å². The fourth-order valence-corrected chi connectivity index (χ4v) is 2.71. The zero-order chi connectivity index (χ0) is 19.2. The molecule has 0 aliphatic carbocycles. The predicted molar refractivity (Wildman–Crippen MR) is 108 cm³/mol. The second-order valence-corrected chi connectivity index (χ2v) is 6.23. The molecule has 1 aromatic carbocycles. The topological polar surface area (TPSA) is 63.4 Å². The number of hydrogen-bond donors (Lipinski definition) is 1. The second kappa shape index (κ2) is 13.1. The number of rotatable bonds is 9. The van der Waals surface area contributed by atoms with Crippen molar-refractivity contribution in [2.75, 3.05) is 13.1 Å². The molecule has 0 atom stereocenters. The van der Waals surface area contributed by atoms with E-state index >= 15 is 0 Å². The molecule has 1 aliphatic rings. The highest BCUT2D eigenvalue weighted by molar-refractivity contribution is 6.21. The lowest BCUT2D eigenvalue weighted by Gasteiger charge is -2.12. The summed E-state index contributed by atoms with van der Waals surface area (Å²) in [6.07, 6.45) is 14.8. The van der Waals surface area contributed by atoms with E-state index in [1.54, 1.807) is 24.3 Å². The molecule has 0 radical (unpaired) electrons. The minimum absolute atomic E-state index is 0.151. The third kappa shape index (κ3) is 6.96. The van der Waals surface area contributed by atoms with Gasteiger partial charge in [0.15, 0.2) is 0 Å². The molecular weight excluding hydrogens is 324 g/mol. The van der Waals surface area contributed by atoms with E-state index in [4.69, 9.17) is 5.73 Å². The number of fused-ring (bicyclic) bond motifs is 1. The molecule has 0 unspecified atom stereocenters. The maximum atomic E-state index is 12.0. The van der Waals surface area contributed by atoms with E-state index in [2.05, 4.69) is 18.2 Å². The van der Waals surface area contributed by atoms with Gasteiger partial charge in [-0.05, 0) is 71.0 Å². The molecule has 4 heteroatoms. The summed E-state index contributed by atoms with van der Waals surface area (Å²) < 4.78 is 0. The number of hydrogen-bond acceptors (Lipinski definition) is 3. The first kappa shape index (κ1) is 21.8. The average molecular weight is 357 g/mol. The SMILES string of the molecule is C/C=C\CCCCN.C/C=C\CCCCN1C(=O)c2ccccc2C1=O. The molecule has 142 valence electrons. The Bertz CT molecular complexity index is 585. The molecule has 1 aromatic rings. The van der Waals surface area contributed by atoms with Crippen molar-refractivity contribution in [3.8, 4) is 0 Å². The van der Waals surface area contributed by atoms with Crippen LogP contribution in [0.1, 0.15) is 73.1 Å². The Morgan fingerprint density at radius 1 is 0.846 bits per heavy atom. The van der Waals surface area contributed by atoms with E-state index in [9.17, 15) is 9.59 Å². The molecule has 0 aromatic heterocycles. The predicted octanol–water partition coefficient (Wildman–Crippen LogP) is 4.72. The van der Waals surface area contributed by atoms with Gasteiger partial charge in [-0.25, -0.2) is 0 Å². The number of benzene rings is 1. The van der Waals surface area contributed by atoms with Crippen LogP contribution in [0.4, 0.5) is 0 Å². The van der Waals surface area contributed by atoms with Gasteiger partial charge in [0, 0.05) is 6.54 Å². The molecule has 1 aliphatic heterocycles. The molecule has 0 fully saturated rings. The van der Waals surface area contributed by atoms with E-state index in [1.807, 2.05) is 19.9 Å². The Balaban J connectivity index is 0.000000359. The van der Waals surface area contributed by atoms with Crippen LogP contribution in [0, 0.1) is 0 Å². The normalized spacial score (nSPS) is 13.4. The van der Waals surface area contributed by atoms with Gasteiger partial charge in [0.25, 0.3) is 11.8 Å². The van der Waals surface area contributed by atoms with Crippen LogP contribution in [-0.2, 0) is 0 Å². The molecule has 4 nitrogen and oxygen atoms in total. The number of amides is 2. The quantitative estimate of drug-likeness (QED) is 0.395. The van der Waals surface area contributed by atoms with Gasteiger partial charge in [-0.3, -0.25) is 14.5 Å². The summed E-state index contributed by atoms with van der Waals surface area (Å²) in [7, 11) is 0. The van der Waals surface area contributed by atoms with Crippen LogP contribution in [0.15, 0.2) is 48.6 Å². The Labute approximate surface area is 157 Å². The fourth-order valence-electron chi connectivity index (χ4n) is 2.71. The largest absolute Gasteiger partial charge is 0.330 e. The summed E-state index contributed by atoms with van der Waals surface area (Å²) in [6.45, 7) is 5.38. The molecule has 1 heterocycles. The molecule has 2 N–H and O–H groups in total. The minimum atomic E-state index is -0.151. The van der Waals surface area contributed by atoms with Gasteiger partial charge in [0.2, 0.25) is 0 Å². The Morgan fingerprint density at radius 2 is 1.35 bits per heavy atom. The van der Waals surface area contributed by atoms with Crippen LogP contribution in [0.5, 0.6) is 0 Å². The van der Waals surface area contributed by atoms with Crippen molar-refractivity contribution in [1.29, 1.82) is 0 Å². The van der Waals surface area contributed by atoms with Crippen molar-refractivity contribution in [2.45, 2.75) is 52.4 Å². The summed E-state index contributed by atoms with van der Waals surface area (Å²) >= 11 is 0. The van der Waals surface area contributed by atoms with E-state index in [0.717, 1.165) is 32.2 Å². The van der Waals surface area contributed by atoms with E-state index in [0.29, 0.717) is 17.7 Å². The van der Waals surface area contributed by atoms with Crippen molar-refractivity contribution < 1.29 is 9.59 Å². The smallest absolute Gasteiger partial charge is 0.261 e. The maximum absolute atomic E-state index is 12.0. The van der Waals surface area contributed by atoms with E-state index in [1.165, 1.54) is 17.7 Å². The number of nitrogens with two attached hydrogens (primary N) is 1. The standard InChI is InChI=1S/C15H17NO2.C7H15N/c1-2-3-4-5-8-11-16-14(17)12-9-6-7-10-13(12)15(16)18;1-2-3-4-5-6-7-8/h2-3,6-7,9-10H,4-5,8,11H2,1H3;2-3H,4-8H2,1H3/b2*3-2-. The van der Waals surface area contributed by atoms with Crippen molar-refractivity contribution in [3.05, 3.63) is 59.7 Å². The van der Waals surface area contributed by atoms with Gasteiger partial charge in [-0.15, -0.1) is 0 Å². The minimum Gasteiger partial charge on any atom is -0.330 e. The molecule has 2 amide bonds. The molecule has 0 spiro atoms. The Hall–Kier alpha value is -2.20. The molecular formula is C22H32N2O2. The zero-order valence-corrected chi connectivity index (χ0v) is 16.1. The van der Waals surface area contributed by atoms with Gasteiger partial charge in [-0.1, -0.05) is 36.4 Å². The summed E-state index contributed by atoms with van der Waals surface area (Å²) in [4.78, 5) is 25.4. The monoisotopic (exact) mass is 356 g/mol. The van der Waals surface area contributed by atoms with Gasteiger partial charge < -0.3 is 5.73 Å². The van der Waals surface area contributed by atoms with Crippen molar-refractivity contribution >= 4 is 11.8 Å². The Morgan fingerprint density at radius 3 is 1.81 bits per heavy atom. The van der Waals surface area contributed by atoms with Crippen molar-refractivity contribution in [2.24, 2.45) is 5.73 Å². The molecule has 0 saturated heterocycles. The lowest BCUT2D eigenvalue weighted by Crippen LogP contribution is -2.30. The maximum Gasteiger partial charge on any atom is 0.261 e. The summed E-state index contributed by atoms with van der Waals surface area (Å²) in [6, 6.07) is 7.02. The first-order valence-electron chi connectivity index (χ1n) is 9.55. The summed E-state index contributed by atoms with van der Waals surface area (Å²) in [5.74, 6) is -0.303. The van der Waals surface area contributed by atoms with Crippen molar-refractivity contribution in [3.63, 3.8) is 0 Å². The van der Waals surface area contributed by atoms with E-state index in [-0.39, 0.29) is 11.8 Å². The highest BCUT2D eigenvalue weighted by atomic mass is 16.2. The molecule has 2 rings (SSSR count). The fraction of sp³-hybridized carbons (Fsp3) is 0.455. The number of imide groups is 1. The van der Waals surface area contributed by atoms with Gasteiger partial charge in [0.05, 0.1) is 11.1 Å². The highest BCUT2D eigenvalue weighted by Gasteiger charge is 2.34. The second-order valence-electron chi connectivity index (χ2n) is 6.23. The first-order valence-corrected chi connectivity index (χ1v) is 9.55. The molecule has 0 bridgehead atoms. The van der Waals surface area contributed by atoms with Crippen LogP contribution in [0.2, 0.25) is 0 Å². The number of allylic oxidation sites excluding steroid dienone is 4. The van der Waals surface area contributed by atoms with Crippen molar-refractivity contribution in [1.82, 2.24) is 4.90 Å². The molecule has 26 heavy (non-hydrogen) atoms. The van der Waals surface area contributed by atoms with Crippen LogP contribution in [0.3, 0.4) is 0 Å². The number of nitrogens with zero attached hydrogens (tertiary/aromatic N) is 1. The zero-order valence-electron chi connectivity index (χ0n) is 16.1. The highest BCUT2D eigenvalue weighted by Crippen LogP contribution is 2.22. The van der Waals surface area contributed by atoms with Crippen LogP contribution >= 0.6 is 0 Å². The van der Waals surface area contributed by atoms with Gasteiger partial charge in [0.1, 0.15) is 0 Å². The number of carbonyl (C=O) groups excluding carboxylic acids is 2. The third-order valence-electron chi connectivity index (χ3n) is 4.18. The third-order valence-corrected chi connectivity index (χ3v) is 4.18. The lowest BCUT2D eigenvalue weighted by molar-refractivity contribution is 0.0652.